The lowest BCUT2D eigenvalue weighted by molar-refractivity contribution is 0.128. The highest BCUT2D eigenvalue weighted by molar-refractivity contribution is 5.47. The highest BCUT2D eigenvalue weighted by Crippen LogP contribution is 2.21. The number of aromatic nitrogens is 2. The predicted molar refractivity (Wildman–Crippen MR) is 85.6 cm³/mol. The molecule has 2 N–H and O–H groups in total. The summed E-state index contributed by atoms with van der Waals surface area (Å²) < 4.78 is 5.41. The molecule has 0 amide bonds. The molecule has 1 fully saturated rings. The van der Waals surface area contributed by atoms with Gasteiger partial charge in [0.1, 0.15) is 18.2 Å². The molecule has 2 heterocycles. The zero-order valence-electron chi connectivity index (χ0n) is 13.5. The first-order chi connectivity index (χ1) is 10.1. The van der Waals surface area contributed by atoms with Crippen molar-refractivity contribution in [3.05, 3.63) is 11.9 Å². The van der Waals surface area contributed by atoms with E-state index in [4.69, 9.17) is 4.74 Å². The zero-order chi connectivity index (χ0) is 15.2. The van der Waals surface area contributed by atoms with Crippen molar-refractivity contribution in [2.75, 3.05) is 44.4 Å². The molecular weight excluding hydrogens is 266 g/mol. The molecule has 1 aliphatic rings. The number of anilines is 2. The Morgan fingerprint density at radius 1 is 1.38 bits per heavy atom. The first kappa shape index (κ1) is 16.0. The van der Waals surface area contributed by atoms with Crippen molar-refractivity contribution >= 4 is 11.6 Å². The third kappa shape index (κ3) is 4.54. The summed E-state index contributed by atoms with van der Waals surface area (Å²) in [6.07, 6.45) is 1.14. The fourth-order valence-corrected chi connectivity index (χ4v) is 2.72. The molecule has 2 atom stereocenters. The van der Waals surface area contributed by atoms with Gasteiger partial charge in [0, 0.05) is 32.3 Å². The number of nitrogens with zero attached hydrogens (tertiary/aromatic N) is 3. The molecule has 1 saturated heterocycles. The smallest absolute Gasteiger partial charge is 0.158 e. The molecular formula is C15H27N5O. The molecule has 2 rings (SSSR count). The van der Waals surface area contributed by atoms with Gasteiger partial charge >= 0.3 is 0 Å². The van der Waals surface area contributed by atoms with E-state index in [1.165, 1.54) is 0 Å². The first-order valence-corrected chi connectivity index (χ1v) is 7.71. The van der Waals surface area contributed by atoms with E-state index in [0.717, 1.165) is 31.1 Å². The van der Waals surface area contributed by atoms with Gasteiger partial charge in [-0.1, -0.05) is 6.92 Å². The van der Waals surface area contributed by atoms with E-state index in [9.17, 15) is 0 Å². The maximum Gasteiger partial charge on any atom is 0.158 e. The Morgan fingerprint density at radius 2 is 2.14 bits per heavy atom. The summed E-state index contributed by atoms with van der Waals surface area (Å²) in [6, 6.07) is 2.42. The monoisotopic (exact) mass is 293 g/mol. The second-order valence-electron chi connectivity index (χ2n) is 5.72. The molecule has 0 radical (unpaired) electrons. The quantitative estimate of drug-likeness (QED) is 0.834. The highest BCUT2D eigenvalue weighted by Gasteiger charge is 2.24. The van der Waals surface area contributed by atoms with Crippen molar-refractivity contribution in [3.8, 4) is 0 Å². The minimum Gasteiger partial charge on any atom is -0.374 e. The van der Waals surface area contributed by atoms with Crippen molar-refractivity contribution in [2.24, 2.45) is 5.92 Å². The molecule has 118 valence electrons. The molecule has 2 unspecified atom stereocenters. The second-order valence-corrected chi connectivity index (χ2v) is 5.72. The Balaban J connectivity index is 2.07. The standard InChI is InChI=1S/C15H27N5O/c1-5-21-10-15-18-13(16-3)8-14(19-15)17-12-6-7-20(4)9-11(12)2/h8,11-12H,5-7,9-10H2,1-4H3,(H2,16,17,18,19). The van der Waals surface area contributed by atoms with Crippen molar-refractivity contribution in [1.82, 2.24) is 14.9 Å². The fraction of sp³-hybridized carbons (Fsp3) is 0.733. The van der Waals surface area contributed by atoms with Crippen LogP contribution in [0.15, 0.2) is 6.07 Å². The van der Waals surface area contributed by atoms with Gasteiger partial charge < -0.3 is 20.3 Å². The molecule has 6 heteroatoms. The number of likely N-dealkylation sites (tertiary alicyclic amines) is 1. The summed E-state index contributed by atoms with van der Waals surface area (Å²) in [5.74, 6) is 3.02. The summed E-state index contributed by atoms with van der Waals surface area (Å²) in [7, 11) is 4.05. The highest BCUT2D eigenvalue weighted by atomic mass is 16.5. The summed E-state index contributed by atoms with van der Waals surface area (Å²) >= 11 is 0. The minimum atomic E-state index is 0.448. The van der Waals surface area contributed by atoms with E-state index in [0.29, 0.717) is 31.0 Å². The molecule has 0 saturated carbocycles. The van der Waals surface area contributed by atoms with Crippen LogP contribution < -0.4 is 10.6 Å². The van der Waals surface area contributed by atoms with Crippen LogP contribution in [0.4, 0.5) is 11.6 Å². The topological polar surface area (TPSA) is 62.3 Å². The molecule has 0 aliphatic carbocycles. The maximum atomic E-state index is 5.41. The lowest BCUT2D eigenvalue weighted by atomic mass is 9.94. The van der Waals surface area contributed by atoms with Gasteiger partial charge in [0.15, 0.2) is 5.82 Å². The SMILES string of the molecule is CCOCc1nc(NC)cc(NC2CCN(C)CC2C)n1. The second kappa shape index (κ2) is 7.56. The van der Waals surface area contributed by atoms with Gasteiger partial charge in [-0.15, -0.1) is 0 Å². The molecule has 1 aliphatic heterocycles. The first-order valence-electron chi connectivity index (χ1n) is 7.71. The van der Waals surface area contributed by atoms with Gasteiger partial charge in [-0.25, -0.2) is 9.97 Å². The van der Waals surface area contributed by atoms with Crippen molar-refractivity contribution in [2.45, 2.75) is 32.9 Å². The molecule has 0 spiro atoms. The third-order valence-corrected chi connectivity index (χ3v) is 3.91. The van der Waals surface area contributed by atoms with Crippen LogP contribution >= 0.6 is 0 Å². The van der Waals surface area contributed by atoms with Gasteiger partial charge in [0.05, 0.1) is 0 Å². The fourth-order valence-electron chi connectivity index (χ4n) is 2.72. The van der Waals surface area contributed by atoms with Gasteiger partial charge in [-0.2, -0.15) is 0 Å². The Bertz CT molecular complexity index is 454. The van der Waals surface area contributed by atoms with Gasteiger partial charge in [-0.3, -0.25) is 0 Å². The van der Waals surface area contributed by atoms with E-state index in [1.54, 1.807) is 0 Å². The van der Waals surface area contributed by atoms with Crippen LogP contribution in [0.3, 0.4) is 0 Å². The van der Waals surface area contributed by atoms with Gasteiger partial charge in [0.25, 0.3) is 0 Å². The largest absolute Gasteiger partial charge is 0.374 e. The molecule has 0 aromatic carbocycles. The molecule has 1 aromatic heterocycles. The normalized spacial score (nSPS) is 23.0. The average molecular weight is 293 g/mol. The van der Waals surface area contributed by atoms with Crippen LogP contribution in [0.5, 0.6) is 0 Å². The number of piperidine rings is 1. The van der Waals surface area contributed by atoms with Crippen molar-refractivity contribution in [3.63, 3.8) is 0 Å². The average Bonchev–Trinajstić information content (AvgIpc) is 2.48. The Hall–Kier alpha value is -1.40. The van der Waals surface area contributed by atoms with Gasteiger partial charge in [0.2, 0.25) is 0 Å². The minimum absolute atomic E-state index is 0.448. The molecule has 21 heavy (non-hydrogen) atoms. The van der Waals surface area contributed by atoms with Crippen LogP contribution in [-0.2, 0) is 11.3 Å². The van der Waals surface area contributed by atoms with Crippen LogP contribution in [-0.4, -0.2) is 54.7 Å². The van der Waals surface area contributed by atoms with Gasteiger partial charge in [-0.05, 0) is 32.9 Å². The van der Waals surface area contributed by atoms with Crippen LogP contribution in [0.2, 0.25) is 0 Å². The van der Waals surface area contributed by atoms with Crippen LogP contribution in [0.25, 0.3) is 0 Å². The Morgan fingerprint density at radius 3 is 2.81 bits per heavy atom. The van der Waals surface area contributed by atoms with Crippen molar-refractivity contribution < 1.29 is 4.74 Å². The lowest BCUT2D eigenvalue weighted by Crippen LogP contribution is -2.43. The van der Waals surface area contributed by atoms with E-state index >= 15 is 0 Å². The predicted octanol–water partition coefficient (Wildman–Crippen LogP) is 1.81. The van der Waals surface area contributed by atoms with E-state index in [-0.39, 0.29) is 0 Å². The lowest BCUT2D eigenvalue weighted by Gasteiger charge is -2.35. The summed E-state index contributed by atoms with van der Waals surface area (Å²) in [5, 5.41) is 6.65. The number of nitrogens with one attached hydrogen (secondary N) is 2. The number of hydrogen-bond donors (Lipinski definition) is 2. The Labute approximate surface area is 127 Å². The summed E-state index contributed by atoms with van der Waals surface area (Å²) in [5.41, 5.74) is 0. The van der Waals surface area contributed by atoms with Crippen molar-refractivity contribution in [1.29, 1.82) is 0 Å². The van der Waals surface area contributed by atoms with Crippen LogP contribution in [0, 0.1) is 5.92 Å². The number of ether oxygens (including phenoxy) is 1. The van der Waals surface area contributed by atoms with Crippen LogP contribution in [0.1, 0.15) is 26.1 Å². The maximum absolute atomic E-state index is 5.41. The van der Waals surface area contributed by atoms with E-state index in [1.807, 2.05) is 20.0 Å². The molecule has 0 bridgehead atoms. The Kier molecular flexibility index (Phi) is 5.76. The zero-order valence-corrected chi connectivity index (χ0v) is 13.5. The summed E-state index contributed by atoms with van der Waals surface area (Å²) in [6.45, 7) is 7.62. The van der Waals surface area contributed by atoms with E-state index in [2.05, 4.69) is 39.5 Å². The van der Waals surface area contributed by atoms with E-state index < -0.39 is 0 Å². The molecule has 1 aromatic rings. The molecule has 6 nitrogen and oxygen atoms in total. The summed E-state index contributed by atoms with van der Waals surface area (Å²) in [4.78, 5) is 11.4. The number of rotatable bonds is 6. The number of hydrogen-bond acceptors (Lipinski definition) is 6. The third-order valence-electron chi connectivity index (χ3n) is 3.91.